The van der Waals surface area contributed by atoms with E-state index in [0.717, 1.165) is 56.4 Å². The minimum absolute atomic E-state index is 0.113. The summed E-state index contributed by atoms with van der Waals surface area (Å²) in [6, 6.07) is 12.9. The van der Waals surface area contributed by atoms with E-state index in [0.29, 0.717) is 34.5 Å². The first-order valence-corrected chi connectivity index (χ1v) is 14.8. The van der Waals surface area contributed by atoms with Crippen molar-refractivity contribution in [3.8, 4) is 5.82 Å². The Morgan fingerprint density at radius 3 is 2.52 bits per heavy atom. The molecule has 1 spiro atoms. The van der Waals surface area contributed by atoms with Crippen LogP contribution in [-0.2, 0) is 18.6 Å². The van der Waals surface area contributed by atoms with Gasteiger partial charge in [-0.15, -0.1) is 6.58 Å². The molecule has 1 atom stereocenters. The molecule has 10 heteroatoms. The molecule has 3 aromatic heterocycles. The van der Waals surface area contributed by atoms with Gasteiger partial charge in [0.15, 0.2) is 11.5 Å². The lowest BCUT2D eigenvalue weighted by molar-refractivity contribution is -0.0102. The van der Waals surface area contributed by atoms with Crippen LogP contribution in [0.15, 0.2) is 60.0 Å². The number of aromatic nitrogens is 5. The Bertz CT molecular complexity index is 1720. The van der Waals surface area contributed by atoms with Gasteiger partial charge in [0.2, 0.25) is 5.95 Å². The first kappa shape index (κ1) is 26.9. The molecular formula is C32H38N8O2. The molecule has 2 N–H and O–H groups in total. The average molecular weight is 567 g/mol. The summed E-state index contributed by atoms with van der Waals surface area (Å²) in [4.78, 5) is 32.3. The lowest BCUT2D eigenvalue weighted by atomic mass is 9.88. The van der Waals surface area contributed by atoms with Crippen molar-refractivity contribution < 1.29 is 5.11 Å². The number of pyridine rings is 1. The predicted octanol–water partition coefficient (Wildman–Crippen LogP) is 3.98. The fourth-order valence-corrected chi connectivity index (χ4v) is 6.90. The molecule has 4 heterocycles. The fraction of sp³-hybridized carbons (Fsp3) is 0.438. The zero-order chi connectivity index (χ0) is 29.2. The van der Waals surface area contributed by atoms with Crippen LogP contribution in [0.1, 0.15) is 43.9 Å². The van der Waals surface area contributed by atoms with Gasteiger partial charge in [-0.1, -0.05) is 12.1 Å². The van der Waals surface area contributed by atoms with E-state index in [1.807, 2.05) is 31.2 Å². The molecule has 10 nitrogen and oxygen atoms in total. The number of benzene rings is 1. The number of piperidine rings is 1. The van der Waals surface area contributed by atoms with Crippen LogP contribution in [0.5, 0.6) is 0 Å². The Morgan fingerprint density at radius 2 is 1.86 bits per heavy atom. The highest BCUT2D eigenvalue weighted by Crippen LogP contribution is 2.64. The molecule has 0 unspecified atom stereocenters. The molecule has 0 radical (unpaired) electrons. The molecule has 2 aliphatic carbocycles. The zero-order valence-electron chi connectivity index (χ0n) is 24.5. The van der Waals surface area contributed by atoms with Gasteiger partial charge in [-0.3, -0.25) is 4.79 Å². The SMILES string of the molecule is C=CCn1c(=O)c2cnc(Nc3ccc(N4CCC(N(C)C)CC4)cc3)nc2n1-c1ccc2c(n1)[C@](C)(O)C1(CC1)C2. The third-order valence-corrected chi connectivity index (χ3v) is 9.72. The summed E-state index contributed by atoms with van der Waals surface area (Å²) in [5.41, 5.74) is 2.95. The van der Waals surface area contributed by atoms with Crippen LogP contribution in [0.4, 0.5) is 17.3 Å². The van der Waals surface area contributed by atoms with E-state index >= 15 is 0 Å². The quantitative estimate of drug-likeness (QED) is 0.324. The van der Waals surface area contributed by atoms with Gasteiger partial charge in [-0.25, -0.2) is 19.3 Å². The minimum atomic E-state index is -0.999. The molecule has 0 bridgehead atoms. The van der Waals surface area contributed by atoms with Crippen LogP contribution < -0.4 is 15.8 Å². The summed E-state index contributed by atoms with van der Waals surface area (Å²) < 4.78 is 3.29. The highest BCUT2D eigenvalue weighted by molar-refractivity contribution is 5.77. The fourth-order valence-electron chi connectivity index (χ4n) is 6.90. The highest BCUT2D eigenvalue weighted by atomic mass is 16.3. The minimum Gasteiger partial charge on any atom is -0.383 e. The Kier molecular flexibility index (Phi) is 6.25. The summed E-state index contributed by atoms with van der Waals surface area (Å²) in [6.45, 7) is 8.09. The van der Waals surface area contributed by atoms with E-state index < -0.39 is 5.60 Å². The van der Waals surface area contributed by atoms with E-state index in [2.05, 4.69) is 52.9 Å². The third kappa shape index (κ3) is 4.23. The number of nitrogens with one attached hydrogen (secondary N) is 1. The zero-order valence-corrected chi connectivity index (χ0v) is 24.5. The maximum absolute atomic E-state index is 13.4. The molecule has 1 aromatic carbocycles. The van der Waals surface area contributed by atoms with Crippen molar-refractivity contribution in [1.82, 2.24) is 29.2 Å². The smallest absolute Gasteiger partial charge is 0.278 e. The van der Waals surface area contributed by atoms with Gasteiger partial charge in [-0.2, -0.15) is 4.98 Å². The van der Waals surface area contributed by atoms with E-state index in [4.69, 9.17) is 9.97 Å². The lowest BCUT2D eigenvalue weighted by Crippen LogP contribution is -2.41. The largest absolute Gasteiger partial charge is 0.383 e. The van der Waals surface area contributed by atoms with Crippen LogP contribution in [0, 0.1) is 5.41 Å². The summed E-state index contributed by atoms with van der Waals surface area (Å²) in [7, 11) is 4.31. The maximum atomic E-state index is 13.4. The topological polar surface area (TPSA) is 104 Å². The Balaban J connectivity index is 1.20. The molecule has 2 fully saturated rings. The highest BCUT2D eigenvalue weighted by Gasteiger charge is 2.62. The predicted molar refractivity (Wildman–Crippen MR) is 165 cm³/mol. The van der Waals surface area contributed by atoms with E-state index in [9.17, 15) is 9.90 Å². The number of anilines is 3. The normalized spacial score (nSPS) is 21.3. The lowest BCUT2D eigenvalue weighted by Gasteiger charge is -2.36. The molecule has 1 saturated carbocycles. The average Bonchev–Trinajstić information content (AvgIpc) is 3.69. The van der Waals surface area contributed by atoms with Crippen LogP contribution in [0.3, 0.4) is 0 Å². The molecule has 0 amide bonds. The van der Waals surface area contributed by atoms with Gasteiger partial charge in [0.05, 0.1) is 12.2 Å². The van der Waals surface area contributed by atoms with Gasteiger partial charge in [0.25, 0.3) is 5.56 Å². The van der Waals surface area contributed by atoms with Crippen LogP contribution in [0.25, 0.3) is 16.9 Å². The van der Waals surface area contributed by atoms with E-state index in [-0.39, 0.29) is 17.5 Å². The monoisotopic (exact) mass is 566 g/mol. The maximum Gasteiger partial charge on any atom is 0.278 e. The second-order valence-electron chi connectivity index (χ2n) is 12.5. The Hall–Kier alpha value is -4.02. The van der Waals surface area contributed by atoms with Crippen molar-refractivity contribution >= 4 is 28.4 Å². The number of fused-ring (bicyclic) bond motifs is 2. The first-order chi connectivity index (χ1) is 20.2. The second kappa shape index (κ2) is 9.78. The molecule has 7 rings (SSSR count). The summed E-state index contributed by atoms with van der Waals surface area (Å²) >= 11 is 0. The van der Waals surface area contributed by atoms with Crippen LogP contribution in [-0.4, -0.2) is 67.5 Å². The Morgan fingerprint density at radius 1 is 1.12 bits per heavy atom. The standard InChI is InChI=1S/C32H38N8O2/c1-5-16-39-29(41)25-20-33-30(34-22-7-9-24(10-8-22)38-17-12-23(13-18-38)37(3)4)36-28(25)40(39)26-11-6-21-19-32(14-15-32)31(2,42)27(21)35-26/h5-11,20,23,42H,1,12-19H2,2-4H3,(H,33,34,36)/t31-/m0/s1. The number of allylic oxidation sites excluding steroid dienone is 1. The van der Waals surface area contributed by atoms with E-state index in [1.54, 1.807) is 21.6 Å². The second-order valence-corrected chi connectivity index (χ2v) is 12.5. The number of aliphatic hydroxyl groups is 1. The summed E-state index contributed by atoms with van der Waals surface area (Å²) in [6.07, 6.45) is 8.38. The molecule has 218 valence electrons. The van der Waals surface area contributed by atoms with E-state index in [1.165, 1.54) is 5.69 Å². The van der Waals surface area contributed by atoms with Crippen molar-refractivity contribution in [2.45, 2.75) is 57.2 Å². The van der Waals surface area contributed by atoms with Gasteiger partial charge >= 0.3 is 0 Å². The summed E-state index contributed by atoms with van der Waals surface area (Å²) in [5.74, 6) is 0.921. The van der Waals surface area contributed by atoms with Crippen LogP contribution >= 0.6 is 0 Å². The van der Waals surface area contributed by atoms with Crippen molar-refractivity contribution in [3.05, 3.63) is 76.9 Å². The molecule has 1 aliphatic heterocycles. The molecule has 1 saturated heterocycles. The molecule has 4 aromatic rings. The number of nitrogens with zero attached hydrogens (tertiary/aromatic N) is 7. The van der Waals surface area contributed by atoms with Crippen molar-refractivity contribution in [2.75, 3.05) is 37.4 Å². The molecule has 42 heavy (non-hydrogen) atoms. The molecular weight excluding hydrogens is 528 g/mol. The van der Waals surface area contributed by atoms with Gasteiger partial charge < -0.3 is 20.2 Å². The third-order valence-electron chi connectivity index (χ3n) is 9.72. The van der Waals surface area contributed by atoms with Crippen molar-refractivity contribution in [1.29, 1.82) is 0 Å². The number of hydrogen-bond acceptors (Lipinski definition) is 8. The van der Waals surface area contributed by atoms with Gasteiger partial charge in [-0.05, 0) is 89.0 Å². The summed E-state index contributed by atoms with van der Waals surface area (Å²) in [5, 5.41) is 15.2. The van der Waals surface area contributed by atoms with Gasteiger partial charge in [0, 0.05) is 42.1 Å². The number of rotatable bonds is 7. The van der Waals surface area contributed by atoms with Gasteiger partial charge in [0.1, 0.15) is 11.0 Å². The van der Waals surface area contributed by atoms with Crippen molar-refractivity contribution in [2.24, 2.45) is 5.41 Å². The van der Waals surface area contributed by atoms with Crippen molar-refractivity contribution in [3.63, 3.8) is 0 Å². The van der Waals surface area contributed by atoms with Crippen LogP contribution in [0.2, 0.25) is 0 Å². The number of hydrogen-bond donors (Lipinski definition) is 2. The first-order valence-electron chi connectivity index (χ1n) is 14.8. The Labute approximate surface area is 245 Å². The molecule has 3 aliphatic rings.